The first-order valence-electron chi connectivity index (χ1n) is 7.00. The lowest BCUT2D eigenvalue weighted by Crippen LogP contribution is -2.37. The third kappa shape index (κ3) is 4.31. The predicted octanol–water partition coefficient (Wildman–Crippen LogP) is 3.19. The standard InChI is InChI=1S/C16H20N2O2S/c1-2-14(15-8-5-9-21-15)18-16(20)17-10-12-6-3-4-7-13(12)11-19/h3-9,14,19H,2,10-11H2,1H3,(H2,17,18,20). The monoisotopic (exact) mass is 304 g/mol. The van der Waals surface area contributed by atoms with Crippen molar-refractivity contribution >= 4 is 17.4 Å². The van der Waals surface area contributed by atoms with Crippen LogP contribution in [0.2, 0.25) is 0 Å². The highest BCUT2D eigenvalue weighted by atomic mass is 32.1. The van der Waals surface area contributed by atoms with E-state index in [1.54, 1.807) is 11.3 Å². The number of aliphatic hydroxyl groups excluding tert-OH is 1. The first-order valence-corrected chi connectivity index (χ1v) is 7.88. The number of carbonyl (C=O) groups excluding carboxylic acids is 1. The van der Waals surface area contributed by atoms with Crippen molar-refractivity contribution < 1.29 is 9.90 Å². The lowest BCUT2D eigenvalue weighted by atomic mass is 10.1. The van der Waals surface area contributed by atoms with E-state index in [1.165, 1.54) is 0 Å². The summed E-state index contributed by atoms with van der Waals surface area (Å²) in [5.74, 6) is 0. The Hall–Kier alpha value is -1.85. The third-order valence-electron chi connectivity index (χ3n) is 3.33. The fourth-order valence-corrected chi connectivity index (χ4v) is 2.99. The van der Waals surface area contributed by atoms with Crippen LogP contribution < -0.4 is 10.6 Å². The number of nitrogens with one attached hydrogen (secondary N) is 2. The van der Waals surface area contributed by atoms with Gasteiger partial charge in [-0.25, -0.2) is 4.79 Å². The zero-order chi connectivity index (χ0) is 15.1. The van der Waals surface area contributed by atoms with Gasteiger partial charge in [-0.05, 0) is 29.0 Å². The van der Waals surface area contributed by atoms with Crippen molar-refractivity contribution in [2.75, 3.05) is 0 Å². The number of urea groups is 1. The summed E-state index contributed by atoms with van der Waals surface area (Å²) in [6, 6.07) is 11.4. The quantitative estimate of drug-likeness (QED) is 0.767. The molecule has 1 unspecified atom stereocenters. The van der Waals surface area contributed by atoms with Gasteiger partial charge in [0.1, 0.15) is 0 Å². The molecular formula is C16H20N2O2S. The Balaban J connectivity index is 1.90. The molecule has 1 atom stereocenters. The van der Waals surface area contributed by atoms with Crippen molar-refractivity contribution in [3.63, 3.8) is 0 Å². The summed E-state index contributed by atoms with van der Waals surface area (Å²) in [6.07, 6.45) is 0.848. The van der Waals surface area contributed by atoms with Gasteiger partial charge in [0.2, 0.25) is 0 Å². The molecule has 0 bridgehead atoms. The second kappa shape index (κ2) is 7.81. The molecule has 2 amide bonds. The fourth-order valence-electron chi connectivity index (χ4n) is 2.13. The minimum Gasteiger partial charge on any atom is -0.392 e. The summed E-state index contributed by atoms with van der Waals surface area (Å²) in [5.41, 5.74) is 1.77. The molecule has 0 saturated heterocycles. The van der Waals surface area contributed by atoms with Gasteiger partial charge in [-0.2, -0.15) is 0 Å². The van der Waals surface area contributed by atoms with Crippen LogP contribution in [0.3, 0.4) is 0 Å². The molecule has 1 aromatic carbocycles. The number of aliphatic hydroxyl groups is 1. The molecule has 2 rings (SSSR count). The van der Waals surface area contributed by atoms with E-state index in [0.29, 0.717) is 6.54 Å². The Morgan fingerprint density at radius 2 is 2.00 bits per heavy atom. The zero-order valence-corrected chi connectivity index (χ0v) is 12.8. The molecule has 21 heavy (non-hydrogen) atoms. The Morgan fingerprint density at radius 1 is 1.24 bits per heavy atom. The SMILES string of the molecule is CCC(NC(=O)NCc1ccccc1CO)c1cccs1. The average molecular weight is 304 g/mol. The maximum absolute atomic E-state index is 12.0. The van der Waals surface area contributed by atoms with Gasteiger partial charge in [0.25, 0.3) is 0 Å². The Bertz CT molecular complexity index is 569. The molecule has 4 nitrogen and oxygen atoms in total. The van der Waals surface area contributed by atoms with Gasteiger partial charge in [-0.1, -0.05) is 37.3 Å². The summed E-state index contributed by atoms with van der Waals surface area (Å²) in [5, 5.41) is 17.1. The van der Waals surface area contributed by atoms with E-state index in [0.717, 1.165) is 22.4 Å². The lowest BCUT2D eigenvalue weighted by molar-refractivity contribution is 0.236. The van der Waals surface area contributed by atoms with Crippen LogP contribution in [0.4, 0.5) is 4.79 Å². The van der Waals surface area contributed by atoms with Gasteiger partial charge in [-0.15, -0.1) is 11.3 Å². The molecule has 1 heterocycles. The number of amides is 2. The number of hydrogen-bond acceptors (Lipinski definition) is 3. The van der Waals surface area contributed by atoms with Crippen molar-refractivity contribution in [3.8, 4) is 0 Å². The summed E-state index contributed by atoms with van der Waals surface area (Å²) >= 11 is 1.64. The van der Waals surface area contributed by atoms with E-state index in [2.05, 4.69) is 10.6 Å². The number of carbonyl (C=O) groups is 1. The van der Waals surface area contributed by atoms with Crippen LogP contribution in [0, 0.1) is 0 Å². The summed E-state index contributed by atoms with van der Waals surface area (Å²) in [7, 11) is 0. The lowest BCUT2D eigenvalue weighted by Gasteiger charge is -2.16. The molecule has 2 aromatic rings. The van der Waals surface area contributed by atoms with Gasteiger partial charge in [-0.3, -0.25) is 0 Å². The molecule has 5 heteroatoms. The number of benzene rings is 1. The van der Waals surface area contributed by atoms with E-state index in [9.17, 15) is 9.90 Å². The average Bonchev–Trinajstić information content (AvgIpc) is 3.05. The van der Waals surface area contributed by atoms with Gasteiger partial charge >= 0.3 is 6.03 Å². The molecule has 3 N–H and O–H groups in total. The Labute approximate surface area is 128 Å². The van der Waals surface area contributed by atoms with Gasteiger partial charge in [0.05, 0.1) is 12.6 Å². The highest BCUT2D eigenvalue weighted by Gasteiger charge is 2.13. The van der Waals surface area contributed by atoms with Crippen LogP contribution in [0.5, 0.6) is 0 Å². The maximum Gasteiger partial charge on any atom is 0.315 e. The third-order valence-corrected chi connectivity index (χ3v) is 4.31. The normalized spacial score (nSPS) is 11.9. The van der Waals surface area contributed by atoms with Crippen molar-refractivity contribution in [2.45, 2.75) is 32.5 Å². The van der Waals surface area contributed by atoms with Gasteiger partial charge in [0, 0.05) is 11.4 Å². The van der Waals surface area contributed by atoms with Gasteiger partial charge in [0.15, 0.2) is 0 Å². The van der Waals surface area contributed by atoms with E-state index in [4.69, 9.17) is 0 Å². The minimum absolute atomic E-state index is 0.0216. The van der Waals surface area contributed by atoms with E-state index in [-0.39, 0.29) is 18.7 Å². The maximum atomic E-state index is 12.0. The molecule has 1 aromatic heterocycles. The molecular weight excluding hydrogens is 284 g/mol. The van der Waals surface area contributed by atoms with Crippen LogP contribution in [0.15, 0.2) is 41.8 Å². The van der Waals surface area contributed by atoms with Crippen molar-refractivity contribution in [2.24, 2.45) is 0 Å². The summed E-state index contributed by atoms with van der Waals surface area (Å²) in [6.45, 7) is 2.43. The fraction of sp³-hybridized carbons (Fsp3) is 0.312. The molecule has 112 valence electrons. The first kappa shape index (κ1) is 15.5. The van der Waals surface area contributed by atoms with Crippen LogP contribution in [0.1, 0.15) is 35.4 Å². The van der Waals surface area contributed by atoms with E-state index >= 15 is 0 Å². The number of rotatable bonds is 6. The largest absolute Gasteiger partial charge is 0.392 e. The predicted molar refractivity (Wildman–Crippen MR) is 85.1 cm³/mol. The Morgan fingerprint density at radius 3 is 2.62 bits per heavy atom. The molecule has 0 aliphatic rings. The Kier molecular flexibility index (Phi) is 5.78. The summed E-state index contributed by atoms with van der Waals surface area (Å²) < 4.78 is 0. The number of hydrogen-bond donors (Lipinski definition) is 3. The number of thiophene rings is 1. The highest BCUT2D eigenvalue weighted by molar-refractivity contribution is 7.10. The van der Waals surface area contributed by atoms with Crippen LogP contribution in [-0.2, 0) is 13.2 Å². The first-order chi connectivity index (χ1) is 10.2. The van der Waals surface area contributed by atoms with Gasteiger partial charge < -0.3 is 15.7 Å². The van der Waals surface area contributed by atoms with Crippen LogP contribution in [0.25, 0.3) is 0 Å². The van der Waals surface area contributed by atoms with Crippen LogP contribution >= 0.6 is 11.3 Å². The molecule has 0 spiro atoms. The minimum atomic E-state index is -0.192. The van der Waals surface area contributed by atoms with Crippen molar-refractivity contribution in [3.05, 3.63) is 57.8 Å². The topological polar surface area (TPSA) is 61.4 Å². The molecule has 0 aliphatic heterocycles. The van der Waals surface area contributed by atoms with Crippen LogP contribution in [-0.4, -0.2) is 11.1 Å². The summed E-state index contributed by atoms with van der Waals surface area (Å²) in [4.78, 5) is 13.2. The van der Waals surface area contributed by atoms with Crippen molar-refractivity contribution in [1.82, 2.24) is 10.6 Å². The van der Waals surface area contributed by atoms with E-state index < -0.39 is 0 Å². The molecule has 0 aliphatic carbocycles. The van der Waals surface area contributed by atoms with Crippen molar-refractivity contribution in [1.29, 1.82) is 0 Å². The van der Waals surface area contributed by atoms with E-state index in [1.807, 2.05) is 48.7 Å². The molecule has 0 fully saturated rings. The second-order valence-electron chi connectivity index (χ2n) is 4.73. The zero-order valence-electron chi connectivity index (χ0n) is 12.0. The molecule has 0 saturated carbocycles. The highest BCUT2D eigenvalue weighted by Crippen LogP contribution is 2.21. The smallest absolute Gasteiger partial charge is 0.315 e. The molecule has 0 radical (unpaired) electrons. The second-order valence-corrected chi connectivity index (χ2v) is 5.71.